The Kier molecular flexibility index (Phi) is 6.52. The normalized spacial score (nSPS) is 15.0. The minimum Gasteiger partial charge on any atom is -0.493 e. The van der Waals surface area contributed by atoms with Crippen LogP contribution in [0.1, 0.15) is 36.8 Å². The van der Waals surface area contributed by atoms with Crippen molar-refractivity contribution < 1.29 is 19.0 Å². The van der Waals surface area contributed by atoms with Crippen LogP contribution < -0.4 is 19.6 Å². The molecule has 3 rings (SSSR count). The molecule has 0 N–H and O–H groups in total. The monoisotopic (exact) mass is 414 g/mol. The van der Waals surface area contributed by atoms with Gasteiger partial charge < -0.3 is 19.0 Å². The number of methoxy groups -OCH3 is 3. The van der Waals surface area contributed by atoms with E-state index in [0.29, 0.717) is 28.6 Å². The first-order valence-electron chi connectivity index (χ1n) is 9.49. The maximum absolute atomic E-state index is 12.8. The maximum Gasteiger partial charge on any atom is 0.203 e. The predicted molar refractivity (Wildman–Crippen MR) is 116 cm³/mol. The topological polar surface area (TPSA) is 61.8 Å². The van der Waals surface area contributed by atoms with Crippen LogP contribution in [0, 0.1) is 0 Å². The summed E-state index contributed by atoms with van der Waals surface area (Å²) in [6.45, 7) is 1.60. The van der Waals surface area contributed by atoms with Crippen molar-refractivity contribution in [3.63, 3.8) is 0 Å². The molecule has 1 aliphatic rings. The van der Waals surface area contributed by atoms with Gasteiger partial charge in [-0.15, -0.1) is 11.8 Å². The van der Waals surface area contributed by atoms with E-state index in [9.17, 15) is 9.59 Å². The SMILES string of the molecule is COc1cc2c(c(OC)c1OC)-c1ccc(SC)c(=O)cc1[C@@H](CC(C)=O)CC2. The highest BCUT2D eigenvalue weighted by molar-refractivity contribution is 7.98. The van der Waals surface area contributed by atoms with Crippen LogP contribution in [0.5, 0.6) is 17.2 Å². The van der Waals surface area contributed by atoms with E-state index in [1.54, 1.807) is 34.3 Å². The average Bonchev–Trinajstić information content (AvgIpc) is 2.95. The van der Waals surface area contributed by atoms with Crippen LogP contribution in [0.25, 0.3) is 11.1 Å². The fourth-order valence-electron chi connectivity index (χ4n) is 4.11. The molecule has 0 amide bonds. The highest BCUT2D eigenvalue weighted by Gasteiger charge is 2.29. The fourth-order valence-corrected chi connectivity index (χ4v) is 4.57. The number of benzene rings is 1. The zero-order valence-corrected chi connectivity index (χ0v) is 18.3. The van der Waals surface area contributed by atoms with E-state index in [4.69, 9.17) is 14.2 Å². The van der Waals surface area contributed by atoms with Crippen molar-refractivity contribution in [1.29, 1.82) is 0 Å². The lowest BCUT2D eigenvalue weighted by Crippen LogP contribution is -2.07. The second kappa shape index (κ2) is 8.91. The van der Waals surface area contributed by atoms with Gasteiger partial charge >= 0.3 is 0 Å². The molecule has 1 atom stereocenters. The third kappa shape index (κ3) is 3.99. The molecule has 0 fully saturated rings. The van der Waals surface area contributed by atoms with Crippen LogP contribution in [0.4, 0.5) is 0 Å². The second-order valence-electron chi connectivity index (χ2n) is 7.10. The number of fused-ring (bicyclic) bond motifs is 3. The van der Waals surface area contributed by atoms with Crippen molar-refractivity contribution in [2.45, 2.75) is 37.0 Å². The van der Waals surface area contributed by atoms with Gasteiger partial charge in [-0.1, -0.05) is 6.07 Å². The van der Waals surface area contributed by atoms with Crippen molar-refractivity contribution in [3.05, 3.63) is 45.6 Å². The second-order valence-corrected chi connectivity index (χ2v) is 7.95. The number of carbonyl (C=O) groups is 1. The highest BCUT2D eigenvalue weighted by Crippen LogP contribution is 2.50. The number of ketones is 1. The molecule has 1 aliphatic carbocycles. The zero-order chi connectivity index (χ0) is 21.1. The van der Waals surface area contributed by atoms with Crippen molar-refractivity contribution >= 4 is 17.5 Å². The Morgan fingerprint density at radius 2 is 1.83 bits per heavy atom. The van der Waals surface area contributed by atoms with Gasteiger partial charge in [-0.05, 0) is 66.8 Å². The number of aryl methyl sites for hydroxylation is 1. The predicted octanol–water partition coefficient (Wildman–Crippen LogP) is 4.47. The number of thioether (sulfide) groups is 1. The Bertz CT molecular complexity index is 999. The molecule has 6 heteroatoms. The van der Waals surface area contributed by atoms with E-state index in [1.807, 2.05) is 24.5 Å². The Morgan fingerprint density at radius 3 is 2.41 bits per heavy atom. The molecule has 0 aromatic heterocycles. The van der Waals surface area contributed by atoms with Crippen LogP contribution in [0.2, 0.25) is 0 Å². The largest absolute Gasteiger partial charge is 0.493 e. The first-order valence-corrected chi connectivity index (χ1v) is 10.7. The summed E-state index contributed by atoms with van der Waals surface area (Å²) in [6, 6.07) is 7.48. The molecule has 0 spiro atoms. The molecular formula is C23H26O5S. The number of hydrogen-bond donors (Lipinski definition) is 0. The fraction of sp³-hybridized carbons (Fsp3) is 0.391. The van der Waals surface area contributed by atoms with Gasteiger partial charge in [0.05, 0.1) is 26.2 Å². The molecule has 29 heavy (non-hydrogen) atoms. The van der Waals surface area contributed by atoms with Crippen LogP contribution in [-0.4, -0.2) is 33.4 Å². The van der Waals surface area contributed by atoms with E-state index < -0.39 is 0 Å². The summed E-state index contributed by atoms with van der Waals surface area (Å²) in [7, 11) is 4.78. The molecule has 154 valence electrons. The lowest BCUT2D eigenvalue weighted by atomic mass is 9.89. The molecule has 2 aromatic rings. The Balaban J connectivity index is 2.41. The standard InChI is InChI=1S/C23H26O5S/c1-13(24)10-14-6-7-15-11-19(26-2)22(27-3)23(28-4)21(15)16-8-9-20(29-5)18(25)12-17(14)16/h8-9,11-12,14H,6-7,10H2,1-5H3/t14-/m1/s1. The summed E-state index contributed by atoms with van der Waals surface area (Å²) in [6.07, 6.45) is 3.79. The zero-order valence-electron chi connectivity index (χ0n) is 17.5. The number of ether oxygens (including phenoxy) is 3. The quantitative estimate of drug-likeness (QED) is 0.650. The minimum absolute atomic E-state index is 0.0322. The third-order valence-electron chi connectivity index (χ3n) is 5.38. The van der Waals surface area contributed by atoms with E-state index in [-0.39, 0.29) is 17.1 Å². The van der Waals surface area contributed by atoms with Gasteiger partial charge in [0.25, 0.3) is 0 Å². The number of rotatable bonds is 6. The summed E-state index contributed by atoms with van der Waals surface area (Å²) >= 11 is 1.42. The Morgan fingerprint density at radius 1 is 1.10 bits per heavy atom. The highest BCUT2D eigenvalue weighted by atomic mass is 32.2. The molecule has 0 bridgehead atoms. The maximum atomic E-state index is 12.8. The molecular weight excluding hydrogens is 388 g/mol. The number of Topliss-reactive ketones (excluding diaryl/α,β-unsaturated/α-hetero) is 1. The van der Waals surface area contributed by atoms with Gasteiger partial charge in [0.2, 0.25) is 5.75 Å². The molecule has 0 saturated heterocycles. The lowest BCUT2D eigenvalue weighted by molar-refractivity contribution is -0.117. The van der Waals surface area contributed by atoms with Crippen molar-refractivity contribution in [3.8, 4) is 28.4 Å². The van der Waals surface area contributed by atoms with Gasteiger partial charge in [-0.25, -0.2) is 0 Å². The van der Waals surface area contributed by atoms with E-state index in [1.165, 1.54) is 11.8 Å². The van der Waals surface area contributed by atoms with Gasteiger partial charge in [0, 0.05) is 12.0 Å². The molecule has 0 radical (unpaired) electrons. The molecule has 5 nitrogen and oxygen atoms in total. The number of hydrogen-bond acceptors (Lipinski definition) is 6. The van der Waals surface area contributed by atoms with Crippen LogP contribution >= 0.6 is 11.8 Å². The molecule has 2 aromatic carbocycles. The van der Waals surface area contributed by atoms with Crippen LogP contribution in [0.3, 0.4) is 0 Å². The Hall–Kier alpha value is -2.47. The molecule has 0 unspecified atom stereocenters. The van der Waals surface area contributed by atoms with Crippen molar-refractivity contribution in [1.82, 2.24) is 0 Å². The smallest absolute Gasteiger partial charge is 0.203 e. The van der Waals surface area contributed by atoms with Crippen LogP contribution in [-0.2, 0) is 11.2 Å². The van der Waals surface area contributed by atoms with Crippen molar-refractivity contribution in [2.24, 2.45) is 0 Å². The summed E-state index contributed by atoms with van der Waals surface area (Å²) < 4.78 is 16.9. The summed E-state index contributed by atoms with van der Waals surface area (Å²) in [5, 5.41) is 0. The minimum atomic E-state index is -0.0357. The number of carbonyl (C=O) groups excluding carboxylic acids is 1. The summed E-state index contributed by atoms with van der Waals surface area (Å²) in [5.74, 6) is 1.77. The Labute approximate surface area is 175 Å². The van der Waals surface area contributed by atoms with Gasteiger partial charge in [0.15, 0.2) is 16.9 Å². The molecule has 0 heterocycles. The van der Waals surface area contributed by atoms with Gasteiger partial charge in [0.1, 0.15) is 5.78 Å². The van der Waals surface area contributed by atoms with Gasteiger partial charge in [-0.3, -0.25) is 4.79 Å². The van der Waals surface area contributed by atoms with Crippen LogP contribution in [0.15, 0.2) is 34.0 Å². The first kappa shape index (κ1) is 21.2. The van der Waals surface area contributed by atoms with E-state index in [2.05, 4.69) is 0 Å². The summed E-state index contributed by atoms with van der Waals surface area (Å²) in [5.41, 5.74) is 3.70. The van der Waals surface area contributed by atoms with E-state index >= 15 is 0 Å². The first-order chi connectivity index (χ1) is 13.9. The average molecular weight is 415 g/mol. The third-order valence-corrected chi connectivity index (χ3v) is 6.16. The summed E-state index contributed by atoms with van der Waals surface area (Å²) in [4.78, 5) is 25.4. The lowest BCUT2D eigenvalue weighted by Gasteiger charge is -2.19. The molecule has 0 saturated carbocycles. The molecule has 0 aliphatic heterocycles. The van der Waals surface area contributed by atoms with Crippen molar-refractivity contribution in [2.75, 3.05) is 27.6 Å². The van der Waals surface area contributed by atoms with E-state index in [0.717, 1.165) is 35.1 Å². The van der Waals surface area contributed by atoms with Gasteiger partial charge in [-0.2, -0.15) is 0 Å².